The van der Waals surface area contributed by atoms with Gasteiger partial charge in [0.1, 0.15) is 11.2 Å². The monoisotopic (exact) mass is 417 g/mol. The van der Waals surface area contributed by atoms with Crippen LogP contribution in [-0.4, -0.2) is 72.7 Å². The first kappa shape index (κ1) is 21.9. The van der Waals surface area contributed by atoms with Gasteiger partial charge in [0.05, 0.1) is 25.1 Å². The molecule has 1 aromatic rings. The molecule has 0 radical (unpaired) electrons. The number of likely N-dealkylation sites (tertiary alicyclic amines) is 1. The third-order valence-electron chi connectivity index (χ3n) is 4.80. The average molecular weight is 418 g/mol. The Morgan fingerprint density at radius 2 is 2.03 bits per heavy atom. The minimum atomic E-state index is -0.523. The molecule has 0 atom stereocenters. The predicted molar refractivity (Wildman–Crippen MR) is 112 cm³/mol. The van der Waals surface area contributed by atoms with E-state index in [1.807, 2.05) is 41.8 Å². The zero-order valence-electron chi connectivity index (χ0n) is 18.7. The van der Waals surface area contributed by atoms with Crippen molar-refractivity contribution in [1.29, 1.82) is 0 Å². The van der Waals surface area contributed by atoms with Crippen LogP contribution in [0.5, 0.6) is 11.5 Å². The van der Waals surface area contributed by atoms with E-state index in [0.717, 1.165) is 5.69 Å². The largest absolute Gasteiger partial charge is 0.490 e. The molecule has 0 N–H and O–H groups in total. The molecule has 3 heterocycles. The third kappa shape index (κ3) is 5.04. The van der Waals surface area contributed by atoms with Crippen LogP contribution in [-0.2, 0) is 11.2 Å². The number of ether oxygens (including phenoxy) is 3. The molecule has 2 aliphatic heterocycles. The van der Waals surface area contributed by atoms with Crippen molar-refractivity contribution in [2.24, 2.45) is 5.41 Å². The number of ketones is 1. The minimum absolute atomic E-state index is 0.187. The lowest BCUT2D eigenvalue weighted by Crippen LogP contribution is -2.60. The van der Waals surface area contributed by atoms with Crippen LogP contribution >= 0.6 is 0 Å². The summed E-state index contributed by atoms with van der Waals surface area (Å²) in [6.45, 7) is 9.49. The van der Waals surface area contributed by atoms with E-state index in [1.54, 1.807) is 22.2 Å². The maximum Gasteiger partial charge on any atom is 0.410 e. The van der Waals surface area contributed by atoms with Crippen LogP contribution in [0.3, 0.4) is 0 Å². The quantitative estimate of drug-likeness (QED) is 0.520. The fourth-order valence-electron chi connectivity index (χ4n) is 3.42. The Bertz CT molecular complexity index is 851. The van der Waals surface area contributed by atoms with Crippen LogP contribution in [0.25, 0.3) is 0 Å². The van der Waals surface area contributed by atoms with Crippen molar-refractivity contribution in [3.8, 4) is 11.5 Å². The van der Waals surface area contributed by atoms with Gasteiger partial charge in [-0.05, 0) is 20.8 Å². The van der Waals surface area contributed by atoms with Gasteiger partial charge in [-0.15, -0.1) is 0 Å². The van der Waals surface area contributed by atoms with Crippen LogP contribution in [0.1, 0.15) is 43.7 Å². The maximum atomic E-state index is 12.8. The first-order chi connectivity index (χ1) is 14.0. The molecule has 8 heteroatoms. The predicted octanol–water partition coefficient (Wildman–Crippen LogP) is 2.91. The third-order valence-corrected chi connectivity index (χ3v) is 4.80. The number of carbonyl (C=O) groups excluding carboxylic acids is 2. The summed E-state index contributed by atoms with van der Waals surface area (Å²) >= 11 is 0. The molecular formula is C22H31N3O5. The second-order valence-electron chi connectivity index (χ2n) is 9.45. The summed E-state index contributed by atoms with van der Waals surface area (Å²) in [6.07, 6.45) is 5.14. The fraction of sp³-hybridized carbons (Fsp3) is 0.591. The molecule has 1 aromatic heterocycles. The van der Waals surface area contributed by atoms with Crippen LogP contribution < -0.4 is 9.47 Å². The van der Waals surface area contributed by atoms with E-state index in [1.165, 1.54) is 6.08 Å². The molecule has 0 unspecified atom stereocenters. The summed E-state index contributed by atoms with van der Waals surface area (Å²) in [5.74, 6) is 0.726. The van der Waals surface area contributed by atoms with E-state index in [-0.39, 0.29) is 17.3 Å². The Morgan fingerprint density at radius 3 is 2.67 bits per heavy atom. The van der Waals surface area contributed by atoms with Gasteiger partial charge in [-0.3, -0.25) is 9.78 Å². The van der Waals surface area contributed by atoms with Crippen molar-refractivity contribution in [3.05, 3.63) is 29.7 Å². The highest BCUT2D eigenvalue weighted by molar-refractivity contribution is 6.08. The van der Waals surface area contributed by atoms with Gasteiger partial charge in [0.2, 0.25) is 0 Å². The Labute approximate surface area is 177 Å². The van der Waals surface area contributed by atoms with E-state index in [9.17, 15) is 9.59 Å². The van der Waals surface area contributed by atoms with E-state index in [0.29, 0.717) is 49.8 Å². The van der Waals surface area contributed by atoms with Crippen LogP contribution in [0.2, 0.25) is 0 Å². The van der Waals surface area contributed by atoms with E-state index in [4.69, 9.17) is 14.2 Å². The Morgan fingerprint density at radius 1 is 1.33 bits per heavy atom. The minimum Gasteiger partial charge on any atom is -0.490 e. The SMILES string of the molecule is CN(C)/C=C/C(=O)c1c(OCC2(C)CN(C(=O)OC(C)(C)C)C2)cnc2c1OCC2. The number of nitrogens with zero attached hydrogens (tertiary/aromatic N) is 3. The van der Waals surface area contributed by atoms with Gasteiger partial charge in [-0.1, -0.05) is 6.92 Å². The number of aromatic nitrogens is 1. The van der Waals surface area contributed by atoms with Gasteiger partial charge in [-0.25, -0.2) is 4.79 Å². The summed E-state index contributed by atoms with van der Waals surface area (Å²) in [5, 5.41) is 0. The molecule has 0 bridgehead atoms. The van der Waals surface area contributed by atoms with Crippen molar-refractivity contribution in [3.63, 3.8) is 0 Å². The Hall–Kier alpha value is -2.77. The van der Waals surface area contributed by atoms with Crippen LogP contribution in [0.15, 0.2) is 18.5 Å². The van der Waals surface area contributed by atoms with Crippen LogP contribution in [0, 0.1) is 5.41 Å². The van der Waals surface area contributed by atoms with Crippen molar-refractivity contribution >= 4 is 11.9 Å². The average Bonchev–Trinajstić information content (AvgIpc) is 3.08. The number of pyridine rings is 1. The molecule has 1 fully saturated rings. The van der Waals surface area contributed by atoms with E-state index in [2.05, 4.69) is 4.98 Å². The molecule has 0 saturated carbocycles. The molecule has 164 valence electrons. The molecule has 30 heavy (non-hydrogen) atoms. The first-order valence-corrected chi connectivity index (χ1v) is 10.1. The summed E-state index contributed by atoms with van der Waals surface area (Å²) in [6, 6.07) is 0. The van der Waals surface area contributed by atoms with Gasteiger partial charge in [0.25, 0.3) is 0 Å². The number of hydrogen-bond acceptors (Lipinski definition) is 7. The Kier molecular flexibility index (Phi) is 5.97. The highest BCUT2D eigenvalue weighted by atomic mass is 16.6. The molecule has 3 rings (SSSR count). The molecular weight excluding hydrogens is 386 g/mol. The highest BCUT2D eigenvalue weighted by Crippen LogP contribution is 2.37. The first-order valence-electron chi connectivity index (χ1n) is 10.1. The number of carbonyl (C=O) groups is 2. The highest BCUT2D eigenvalue weighted by Gasteiger charge is 2.44. The zero-order chi connectivity index (χ0) is 22.1. The van der Waals surface area contributed by atoms with Gasteiger partial charge < -0.3 is 24.0 Å². The molecule has 0 spiro atoms. The lowest BCUT2D eigenvalue weighted by atomic mass is 9.83. The zero-order valence-corrected chi connectivity index (χ0v) is 18.7. The van der Waals surface area contributed by atoms with Crippen molar-refractivity contribution in [2.45, 2.75) is 39.7 Å². The molecule has 0 aliphatic carbocycles. The molecule has 1 amide bonds. The number of allylic oxidation sites excluding steroid dienone is 1. The molecule has 0 aromatic carbocycles. The maximum absolute atomic E-state index is 12.8. The summed E-state index contributed by atoms with van der Waals surface area (Å²) in [5.41, 5.74) is 0.430. The standard InChI is InChI=1S/C22H31N3O5/c1-21(2,3)30-20(27)25-12-22(4,13-25)14-29-17-11-23-15-8-10-28-19(15)18(17)16(26)7-9-24(5)6/h7,9,11H,8,10,12-14H2,1-6H3/b9-7+. The number of fused-ring (bicyclic) bond motifs is 1. The topological polar surface area (TPSA) is 81.2 Å². The number of amides is 1. The summed E-state index contributed by atoms with van der Waals surface area (Å²) in [7, 11) is 3.70. The number of hydrogen-bond donors (Lipinski definition) is 0. The summed E-state index contributed by atoms with van der Waals surface area (Å²) in [4.78, 5) is 32.9. The molecule has 8 nitrogen and oxygen atoms in total. The normalized spacial score (nSPS) is 17.2. The van der Waals surface area contributed by atoms with Crippen LogP contribution in [0.4, 0.5) is 4.79 Å². The second kappa shape index (κ2) is 8.16. The van der Waals surface area contributed by atoms with E-state index < -0.39 is 5.60 Å². The fourth-order valence-corrected chi connectivity index (χ4v) is 3.42. The van der Waals surface area contributed by atoms with Gasteiger partial charge >= 0.3 is 6.09 Å². The molecule has 1 saturated heterocycles. The van der Waals surface area contributed by atoms with Gasteiger partial charge in [0.15, 0.2) is 17.3 Å². The van der Waals surface area contributed by atoms with Crippen molar-refractivity contribution < 1.29 is 23.8 Å². The smallest absolute Gasteiger partial charge is 0.410 e. The lowest BCUT2D eigenvalue weighted by Gasteiger charge is -2.47. The van der Waals surface area contributed by atoms with Crippen molar-refractivity contribution in [1.82, 2.24) is 14.8 Å². The van der Waals surface area contributed by atoms with Crippen molar-refractivity contribution in [2.75, 3.05) is 40.4 Å². The van der Waals surface area contributed by atoms with Gasteiger partial charge in [-0.2, -0.15) is 0 Å². The number of rotatable bonds is 6. The van der Waals surface area contributed by atoms with Gasteiger partial charge in [0, 0.05) is 51.3 Å². The Balaban J connectivity index is 1.69. The second-order valence-corrected chi connectivity index (χ2v) is 9.45. The van der Waals surface area contributed by atoms with E-state index >= 15 is 0 Å². The molecule has 2 aliphatic rings. The summed E-state index contributed by atoms with van der Waals surface area (Å²) < 4.78 is 17.1. The lowest BCUT2D eigenvalue weighted by molar-refractivity contribution is -0.0429.